The number of anilines is 2. The zero-order valence-electron chi connectivity index (χ0n) is 10.9. The highest BCUT2D eigenvalue weighted by atomic mass is 32.2. The van der Waals surface area contributed by atoms with Crippen LogP contribution in [0.4, 0.5) is 11.4 Å². The minimum absolute atomic E-state index is 0.0880. The van der Waals surface area contributed by atoms with Crippen LogP contribution in [-0.4, -0.2) is 15.0 Å². The van der Waals surface area contributed by atoms with Crippen LogP contribution in [0, 0.1) is 5.92 Å². The van der Waals surface area contributed by atoms with Gasteiger partial charge in [-0.3, -0.25) is 0 Å². The monoisotopic (exact) mass is 283 g/mol. The molecule has 6 heteroatoms. The number of nitrogens with two attached hydrogens (primary N) is 2. The third-order valence-corrected chi connectivity index (χ3v) is 4.61. The van der Waals surface area contributed by atoms with Crippen LogP contribution < -0.4 is 16.2 Å². The second-order valence-electron chi connectivity index (χ2n) is 5.16. The van der Waals surface area contributed by atoms with Crippen molar-refractivity contribution in [1.82, 2.24) is 0 Å². The largest absolute Gasteiger partial charge is 0.397 e. The lowest BCUT2D eigenvalue weighted by Gasteiger charge is -2.13. The molecule has 1 aliphatic rings. The predicted molar refractivity (Wildman–Crippen MR) is 77.3 cm³/mol. The Bertz CT molecular complexity index is 537. The molecule has 1 aromatic carbocycles. The first-order valence-electron chi connectivity index (χ1n) is 6.63. The minimum atomic E-state index is -3.68. The average molecular weight is 283 g/mol. The molecule has 1 saturated carbocycles. The maximum atomic E-state index is 11.3. The average Bonchev–Trinajstić information content (AvgIpc) is 2.83. The molecule has 106 valence electrons. The van der Waals surface area contributed by atoms with Crippen molar-refractivity contribution in [2.75, 3.05) is 17.6 Å². The fourth-order valence-electron chi connectivity index (χ4n) is 2.58. The third kappa shape index (κ3) is 3.84. The second-order valence-corrected chi connectivity index (χ2v) is 6.72. The van der Waals surface area contributed by atoms with Crippen LogP contribution in [0.1, 0.15) is 32.1 Å². The van der Waals surface area contributed by atoms with Gasteiger partial charge in [0.1, 0.15) is 0 Å². The summed E-state index contributed by atoms with van der Waals surface area (Å²) in [5.74, 6) is 0.787. The van der Waals surface area contributed by atoms with Gasteiger partial charge in [0.15, 0.2) is 0 Å². The molecule has 2 rings (SSSR count). The summed E-state index contributed by atoms with van der Waals surface area (Å²) in [6.45, 7) is 0.808. The number of hydrogen-bond donors (Lipinski definition) is 3. The minimum Gasteiger partial charge on any atom is -0.397 e. The SMILES string of the molecule is Nc1ccc(S(N)(=O)=O)cc1NCCC1CCCC1. The van der Waals surface area contributed by atoms with E-state index in [-0.39, 0.29) is 4.90 Å². The van der Waals surface area contributed by atoms with E-state index in [0.29, 0.717) is 11.4 Å². The van der Waals surface area contributed by atoms with Crippen LogP contribution in [0.5, 0.6) is 0 Å². The van der Waals surface area contributed by atoms with E-state index in [9.17, 15) is 8.42 Å². The molecule has 0 bridgehead atoms. The third-order valence-electron chi connectivity index (χ3n) is 3.70. The number of benzene rings is 1. The quantitative estimate of drug-likeness (QED) is 0.719. The molecule has 0 unspecified atom stereocenters. The summed E-state index contributed by atoms with van der Waals surface area (Å²) in [7, 11) is -3.68. The van der Waals surface area contributed by atoms with Gasteiger partial charge < -0.3 is 11.1 Å². The first kappa shape index (κ1) is 14.1. The summed E-state index contributed by atoms with van der Waals surface area (Å²) in [5.41, 5.74) is 7.01. The molecule has 5 nitrogen and oxygen atoms in total. The molecular weight excluding hydrogens is 262 g/mol. The predicted octanol–water partition coefficient (Wildman–Crippen LogP) is 1.91. The van der Waals surface area contributed by atoms with Crippen molar-refractivity contribution in [2.45, 2.75) is 37.0 Å². The molecule has 5 N–H and O–H groups in total. The molecule has 0 atom stereocenters. The van der Waals surface area contributed by atoms with Crippen molar-refractivity contribution >= 4 is 21.4 Å². The number of sulfonamides is 1. The van der Waals surface area contributed by atoms with Crippen LogP contribution in [0.3, 0.4) is 0 Å². The van der Waals surface area contributed by atoms with Crippen molar-refractivity contribution in [3.8, 4) is 0 Å². The Balaban J connectivity index is 1.98. The first-order chi connectivity index (χ1) is 8.97. The Morgan fingerprint density at radius 3 is 2.58 bits per heavy atom. The molecule has 19 heavy (non-hydrogen) atoms. The molecule has 0 radical (unpaired) electrons. The Morgan fingerprint density at radius 2 is 1.95 bits per heavy atom. The molecule has 0 amide bonds. The van der Waals surface area contributed by atoms with Gasteiger partial charge in [0.05, 0.1) is 16.3 Å². The van der Waals surface area contributed by atoms with Gasteiger partial charge in [0, 0.05) is 6.54 Å². The molecular formula is C13H21N3O2S. The maximum Gasteiger partial charge on any atom is 0.238 e. The Hall–Kier alpha value is -1.27. The summed E-state index contributed by atoms with van der Waals surface area (Å²) < 4.78 is 22.6. The van der Waals surface area contributed by atoms with Crippen molar-refractivity contribution in [3.63, 3.8) is 0 Å². The molecule has 0 aliphatic heterocycles. The van der Waals surface area contributed by atoms with Crippen LogP contribution in [0.25, 0.3) is 0 Å². The van der Waals surface area contributed by atoms with Crippen molar-refractivity contribution in [2.24, 2.45) is 11.1 Å². The number of hydrogen-bond acceptors (Lipinski definition) is 4. The van der Waals surface area contributed by atoms with Crippen LogP contribution >= 0.6 is 0 Å². The highest BCUT2D eigenvalue weighted by Gasteiger charge is 2.15. The van der Waals surface area contributed by atoms with E-state index in [1.165, 1.54) is 37.8 Å². The second kappa shape index (κ2) is 5.79. The topological polar surface area (TPSA) is 98.2 Å². The molecule has 1 fully saturated rings. The van der Waals surface area contributed by atoms with E-state index in [1.54, 1.807) is 6.07 Å². The number of nitrogens with one attached hydrogen (secondary N) is 1. The van der Waals surface area contributed by atoms with Crippen molar-refractivity contribution < 1.29 is 8.42 Å². The normalized spacial score (nSPS) is 16.7. The van der Waals surface area contributed by atoms with E-state index in [1.807, 2.05) is 0 Å². The summed E-state index contributed by atoms with van der Waals surface area (Å²) in [5, 5.41) is 8.31. The molecule has 0 aromatic heterocycles. The lowest BCUT2D eigenvalue weighted by molar-refractivity contribution is 0.518. The molecule has 0 saturated heterocycles. The van der Waals surface area contributed by atoms with E-state index in [0.717, 1.165) is 18.9 Å². The highest BCUT2D eigenvalue weighted by Crippen LogP contribution is 2.28. The van der Waals surface area contributed by atoms with E-state index < -0.39 is 10.0 Å². The van der Waals surface area contributed by atoms with E-state index in [2.05, 4.69) is 5.32 Å². The van der Waals surface area contributed by atoms with Gasteiger partial charge >= 0.3 is 0 Å². The summed E-state index contributed by atoms with van der Waals surface area (Å²) in [6.07, 6.45) is 6.35. The van der Waals surface area contributed by atoms with Crippen LogP contribution in [-0.2, 0) is 10.0 Å². The summed E-state index contributed by atoms with van der Waals surface area (Å²) in [4.78, 5) is 0.0880. The smallest absolute Gasteiger partial charge is 0.238 e. The van der Waals surface area contributed by atoms with Gasteiger partial charge in [0.2, 0.25) is 10.0 Å². The van der Waals surface area contributed by atoms with Gasteiger partial charge in [-0.15, -0.1) is 0 Å². The van der Waals surface area contributed by atoms with Gasteiger partial charge in [-0.2, -0.15) is 0 Å². The zero-order chi connectivity index (χ0) is 13.9. The van der Waals surface area contributed by atoms with E-state index >= 15 is 0 Å². The lowest BCUT2D eigenvalue weighted by Crippen LogP contribution is -2.14. The standard InChI is InChI=1S/C13H21N3O2S/c14-12-6-5-11(19(15,17)18)9-13(12)16-8-7-10-3-1-2-4-10/h5-6,9-10,16H,1-4,7-8,14H2,(H2,15,17,18). The van der Waals surface area contributed by atoms with E-state index in [4.69, 9.17) is 10.9 Å². The molecule has 0 spiro atoms. The lowest BCUT2D eigenvalue weighted by atomic mass is 10.0. The Labute approximate surface area is 114 Å². The Morgan fingerprint density at radius 1 is 1.26 bits per heavy atom. The molecule has 0 heterocycles. The van der Waals surface area contributed by atoms with Crippen molar-refractivity contribution in [1.29, 1.82) is 0 Å². The number of rotatable bonds is 5. The van der Waals surface area contributed by atoms with Gasteiger partial charge in [-0.05, 0) is 30.5 Å². The molecule has 1 aliphatic carbocycles. The first-order valence-corrected chi connectivity index (χ1v) is 8.17. The van der Waals surface area contributed by atoms with Gasteiger partial charge in [-0.25, -0.2) is 13.6 Å². The summed E-state index contributed by atoms with van der Waals surface area (Å²) in [6, 6.07) is 4.49. The highest BCUT2D eigenvalue weighted by molar-refractivity contribution is 7.89. The fraction of sp³-hybridized carbons (Fsp3) is 0.538. The number of nitrogen functional groups attached to an aromatic ring is 1. The summed E-state index contributed by atoms with van der Waals surface area (Å²) >= 11 is 0. The van der Waals surface area contributed by atoms with Crippen LogP contribution in [0.2, 0.25) is 0 Å². The Kier molecular flexibility index (Phi) is 4.31. The fourth-order valence-corrected chi connectivity index (χ4v) is 3.12. The van der Waals surface area contributed by atoms with Crippen molar-refractivity contribution in [3.05, 3.63) is 18.2 Å². The molecule has 1 aromatic rings. The van der Waals surface area contributed by atoms with Gasteiger partial charge in [-0.1, -0.05) is 25.7 Å². The zero-order valence-corrected chi connectivity index (χ0v) is 11.7. The van der Waals surface area contributed by atoms with Crippen LogP contribution in [0.15, 0.2) is 23.1 Å². The maximum absolute atomic E-state index is 11.3. The number of primary sulfonamides is 1. The van der Waals surface area contributed by atoms with Gasteiger partial charge in [0.25, 0.3) is 0 Å².